The molecule has 1 fully saturated rings. The van der Waals surface area contributed by atoms with Gasteiger partial charge in [0, 0.05) is 24.7 Å². The Bertz CT molecular complexity index is 1180. The van der Waals surface area contributed by atoms with Crippen LogP contribution >= 0.6 is 23.2 Å². The van der Waals surface area contributed by atoms with Gasteiger partial charge >= 0.3 is 11.9 Å². The molecule has 0 bridgehead atoms. The fourth-order valence-corrected chi connectivity index (χ4v) is 4.67. The van der Waals surface area contributed by atoms with E-state index in [1.807, 2.05) is 0 Å². The lowest BCUT2D eigenvalue weighted by atomic mass is 9.83. The van der Waals surface area contributed by atoms with Gasteiger partial charge < -0.3 is 15.0 Å². The van der Waals surface area contributed by atoms with Crippen molar-refractivity contribution in [3.05, 3.63) is 68.1 Å². The number of hydrogen-bond donors (Lipinski definition) is 2. The van der Waals surface area contributed by atoms with Crippen molar-refractivity contribution in [2.45, 2.75) is 37.6 Å². The van der Waals surface area contributed by atoms with E-state index >= 15 is 0 Å². The van der Waals surface area contributed by atoms with Crippen molar-refractivity contribution in [1.29, 1.82) is 0 Å². The zero-order valence-corrected chi connectivity index (χ0v) is 18.6. The van der Waals surface area contributed by atoms with Crippen LogP contribution in [0.3, 0.4) is 0 Å². The lowest BCUT2D eigenvalue weighted by Crippen LogP contribution is -2.43. The molecule has 0 amide bonds. The van der Waals surface area contributed by atoms with Crippen molar-refractivity contribution in [1.82, 2.24) is 14.5 Å². The zero-order valence-electron chi connectivity index (χ0n) is 17.1. The van der Waals surface area contributed by atoms with Crippen molar-refractivity contribution in [3.63, 3.8) is 0 Å². The van der Waals surface area contributed by atoms with Crippen molar-refractivity contribution in [3.8, 4) is 0 Å². The average molecular weight is 488 g/mol. The summed E-state index contributed by atoms with van der Waals surface area (Å²) in [6.07, 6.45) is -3.22. The highest BCUT2D eigenvalue weighted by atomic mass is 35.5. The van der Waals surface area contributed by atoms with Crippen LogP contribution in [0.1, 0.15) is 30.4 Å². The Hall–Kier alpha value is -2.00. The number of alkyl halides is 3. The third-order valence-corrected chi connectivity index (χ3v) is 6.65. The number of aromatic amines is 1. The van der Waals surface area contributed by atoms with Crippen LogP contribution in [0.5, 0.6) is 0 Å². The van der Waals surface area contributed by atoms with Gasteiger partial charge in [0.1, 0.15) is 0 Å². The van der Waals surface area contributed by atoms with E-state index in [1.54, 1.807) is 22.8 Å². The first-order valence-corrected chi connectivity index (χ1v) is 11.0. The van der Waals surface area contributed by atoms with E-state index in [1.165, 1.54) is 12.1 Å². The molecule has 5 nitrogen and oxygen atoms in total. The fourth-order valence-electron chi connectivity index (χ4n) is 4.28. The van der Waals surface area contributed by atoms with Gasteiger partial charge in [-0.1, -0.05) is 29.3 Å². The number of fused-ring (bicyclic) bond motifs is 1. The Kier molecular flexibility index (Phi) is 6.33. The summed E-state index contributed by atoms with van der Waals surface area (Å²) >= 11 is 11.7. The van der Waals surface area contributed by atoms with Gasteiger partial charge in [0.25, 0.3) is 0 Å². The topological polar surface area (TPSA) is 61.3 Å². The summed E-state index contributed by atoms with van der Waals surface area (Å²) in [4.78, 5) is 17.2. The number of nitrogens with zero attached hydrogens (tertiary/aromatic N) is 2. The Morgan fingerprint density at radius 2 is 1.78 bits per heavy atom. The lowest BCUT2D eigenvalue weighted by molar-refractivity contribution is -0.137. The monoisotopic (exact) mass is 487 g/mol. The molecule has 172 valence electrons. The number of aryl methyl sites for hydroxylation is 1. The molecule has 3 aromatic rings. The molecule has 0 radical (unpaired) electrons. The first kappa shape index (κ1) is 23.2. The molecule has 2 N–H and O–H groups in total. The van der Waals surface area contributed by atoms with Gasteiger partial charge in [-0.05, 0) is 61.7 Å². The largest absolute Gasteiger partial charge is 0.417 e. The van der Waals surface area contributed by atoms with Gasteiger partial charge in [0.2, 0.25) is 0 Å². The summed E-state index contributed by atoms with van der Waals surface area (Å²) in [6.45, 7) is 2.31. The molecule has 0 spiro atoms. The molecule has 0 saturated carbocycles. The standard InChI is InChI=1S/C22H22Cl2F3N3O2/c23-15-3-5-19-18(13-15)28-20(31)30(19)9-1-8-29-10-6-21(32,7-11-29)14-2-4-17(24)16(12-14)22(25,26)27/h2-5,12-13,32H,1,6-11H2,(H,28,31). The number of piperidine rings is 1. The summed E-state index contributed by atoms with van der Waals surface area (Å²) in [6, 6.07) is 8.85. The van der Waals surface area contributed by atoms with Crippen molar-refractivity contribution >= 4 is 34.2 Å². The number of rotatable bonds is 5. The molecule has 0 unspecified atom stereocenters. The smallest absolute Gasteiger partial charge is 0.385 e. The molecule has 4 rings (SSSR count). The number of nitrogens with one attached hydrogen (secondary N) is 1. The predicted octanol–water partition coefficient (Wildman–Crippen LogP) is 5.03. The average Bonchev–Trinajstić information content (AvgIpc) is 3.03. The minimum Gasteiger partial charge on any atom is -0.385 e. The van der Waals surface area contributed by atoms with Crippen LogP contribution in [-0.4, -0.2) is 39.2 Å². The van der Waals surface area contributed by atoms with Crippen molar-refractivity contribution in [2.24, 2.45) is 0 Å². The third kappa shape index (κ3) is 4.69. The maximum Gasteiger partial charge on any atom is 0.417 e. The van der Waals surface area contributed by atoms with Gasteiger partial charge in [0.15, 0.2) is 0 Å². The van der Waals surface area contributed by atoms with E-state index in [2.05, 4.69) is 9.88 Å². The molecule has 1 aromatic heterocycles. The Morgan fingerprint density at radius 1 is 1.06 bits per heavy atom. The SMILES string of the molecule is O=c1[nH]c2cc(Cl)ccc2n1CCCN1CCC(O)(c2ccc(Cl)c(C(F)(F)F)c2)CC1. The van der Waals surface area contributed by atoms with E-state index in [0.29, 0.717) is 56.0 Å². The fraction of sp³-hybridized carbons (Fsp3) is 0.409. The van der Waals surface area contributed by atoms with Gasteiger partial charge in [-0.3, -0.25) is 4.57 Å². The molecular formula is C22H22Cl2F3N3O2. The number of H-pyrrole nitrogens is 1. The summed E-state index contributed by atoms with van der Waals surface area (Å²) < 4.78 is 41.2. The first-order valence-electron chi connectivity index (χ1n) is 10.3. The summed E-state index contributed by atoms with van der Waals surface area (Å²) in [5, 5.41) is 11.2. The molecule has 1 aliphatic rings. The second-order valence-electron chi connectivity index (χ2n) is 8.16. The number of hydrogen-bond acceptors (Lipinski definition) is 3. The van der Waals surface area contributed by atoms with Crippen LogP contribution in [0.4, 0.5) is 13.2 Å². The number of likely N-dealkylation sites (tertiary alicyclic amines) is 1. The first-order chi connectivity index (χ1) is 15.1. The Labute approximate surface area is 192 Å². The Balaban J connectivity index is 1.37. The number of halogens is 5. The summed E-state index contributed by atoms with van der Waals surface area (Å²) in [7, 11) is 0. The molecule has 1 saturated heterocycles. The highest BCUT2D eigenvalue weighted by molar-refractivity contribution is 6.31. The molecule has 0 atom stereocenters. The van der Waals surface area contributed by atoms with Crippen LogP contribution in [0.2, 0.25) is 10.0 Å². The van der Waals surface area contributed by atoms with E-state index in [4.69, 9.17) is 23.2 Å². The van der Waals surface area contributed by atoms with E-state index in [9.17, 15) is 23.1 Å². The van der Waals surface area contributed by atoms with Crippen LogP contribution < -0.4 is 5.69 Å². The second-order valence-corrected chi connectivity index (χ2v) is 9.01. The van der Waals surface area contributed by atoms with Crippen molar-refractivity contribution in [2.75, 3.05) is 19.6 Å². The van der Waals surface area contributed by atoms with Crippen LogP contribution in [0.25, 0.3) is 11.0 Å². The highest BCUT2D eigenvalue weighted by Crippen LogP contribution is 2.39. The zero-order chi connectivity index (χ0) is 23.1. The van der Waals surface area contributed by atoms with E-state index in [0.717, 1.165) is 11.6 Å². The predicted molar refractivity (Wildman–Crippen MR) is 118 cm³/mol. The lowest BCUT2D eigenvalue weighted by Gasteiger charge is -2.38. The normalized spacial score (nSPS) is 17.2. The van der Waals surface area contributed by atoms with Crippen LogP contribution in [-0.2, 0) is 18.3 Å². The van der Waals surface area contributed by atoms with Gasteiger partial charge in [-0.15, -0.1) is 0 Å². The highest BCUT2D eigenvalue weighted by Gasteiger charge is 2.38. The molecule has 1 aliphatic heterocycles. The number of aromatic nitrogens is 2. The minimum atomic E-state index is -4.57. The van der Waals surface area contributed by atoms with E-state index < -0.39 is 17.3 Å². The van der Waals surface area contributed by atoms with Gasteiger partial charge in [-0.25, -0.2) is 4.79 Å². The molecule has 32 heavy (non-hydrogen) atoms. The molecule has 2 heterocycles. The number of benzene rings is 2. The minimum absolute atomic E-state index is 0.196. The maximum atomic E-state index is 13.2. The van der Waals surface area contributed by atoms with Gasteiger partial charge in [0.05, 0.1) is 27.2 Å². The number of aliphatic hydroxyl groups is 1. The molecule has 10 heteroatoms. The van der Waals surface area contributed by atoms with Crippen molar-refractivity contribution < 1.29 is 18.3 Å². The molecule has 2 aromatic carbocycles. The van der Waals surface area contributed by atoms with Crippen LogP contribution in [0, 0.1) is 0 Å². The Morgan fingerprint density at radius 3 is 2.47 bits per heavy atom. The van der Waals surface area contributed by atoms with Gasteiger partial charge in [-0.2, -0.15) is 13.2 Å². The third-order valence-electron chi connectivity index (χ3n) is 6.08. The quantitative estimate of drug-likeness (QED) is 0.530. The molecule has 0 aliphatic carbocycles. The van der Waals surface area contributed by atoms with E-state index in [-0.39, 0.29) is 16.3 Å². The molecular weight excluding hydrogens is 466 g/mol. The number of imidazole rings is 1. The second kappa shape index (κ2) is 8.74. The maximum absolute atomic E-state index is 13.2. The summed E-state index contributed by atoms with van der Waals surface area (Å²) in [5.41, 5.74) is -0.745. The van der Waals surface area contributed by atoms with Crippen LogP contribution in [0.15, 0.2) is 41.2 Å². The summed E-state index contributed by atoms with van der Waals surface area (Å²) in [5.74, 6) is 0.